The highest BCUT2D eigenvalue weighted by molar-refractivity contribution is 5.93. The summed E-state index contributed by atoms with van der Waals surface area (Å²) in [5.74, 6) is 1.15. The first kappa shape index (κ1) is 18.9. The second-order valence-electron chi connectivity index (χ2n) is 7.34. The Labute approximate surface area is 179 Å². The summed E-state index contributed by atoms with van der Waals surface area (Å²) in [5.41, 5.74) is 4.39. The topological polar surface area (TPSA) is 59.9 Å². The molecule has 1 N–H and O–H groups in total. The molecule has 0 fully saturated rings. The van der Waals surface area contributed by atoms with Crippen molar-refractivity contribution < 1.29 is 4.74 Å². The predicted molar refractivity (Wildman–Crippen MR) is 126 cm³/mol. The lowest BCUT2D eigenvalue weighted by molar-refractivity contribution is 0.412. The zero-order valence-corrected chi connectivity index (χ0v) is 17.3. The van der Waals surface area contributed by atoms with Gasteiger partial charge in [0, 0.05) is 22.2 Å². The van der Waals surface area contributed by atoms with Crippen molar-refractivity contribution in [3.05, 3.63) is 100 Å². The lowest BCUT2D eigenvalue weighted by Gasteiger charge is -2.14. The number of methoxy groups -OCH3 is 1. The highest BCUT2D eigenvalue weighted by Gasteiger charge is 2.14. The number of para-hydroxylation sites is 4. The van der Waals surface area contributed by atoms with E-state index in [1.807, 2.05) is 73.7 Å². The van der Waals surface area contributed by atoms with Gasteiger partial charge in [0.15, 0.2) is 0 Å². The molecule has 2 heterocycles. The quantitative estimate of drug-likeness (QED) is 0.437. The molecule has 0 unspecified atom stereocenters. The van der Waals surface area contributed by atoms with E-state index < -0.39 is 0 Å². The van der Waals surface area contributed by atoms with Crippen LogP contribution < -0.4 is 10.3 Å². The van der Waals surface area contributed by atoms with Crippen LogP contribution in [0.1, 0.15) is 17.1 Å². The third-order valence-corrected chi connectivity index (χ3v) is 5.47. The van der Waals surface area contributed by atoms with Gasteiger partial charge in [0.1, 0.15) is 11.6 Å². The molecular weight excluding hydrogens is 386 g/mol. The van der Waals surface area contributed by atoms with Gasteiger partial charge in [-0.25, -0.2) is 4.98 Å². The molecule has 0 saturated heterocycles. The fourth-order valence-electron chi connectivity index (χ4n) is 3.98. The summed E-state index contributed by atoms with van der Waals surface area (Å²) in [6.07, 6.45) is 3.90. The van der Waals surface area contributed by atoms with E-state index in [1.54, 1.807) is 17.7 Å². The largest absolute Gasteiger partial charge is 0.495 e. The molecule has 0 saturated carbocycles. The maximum absolute atomic E-state index is 13.5. The number of aryl methyl sites for hydroxylation is 1. The van der Waals surface area contributed by atoms with Gasteiger partial charge in [-0.05, 0) is 49.4 Å². The highest BCUT2D eigenvalue weighted by atomic mass is 16.5. The number of hydrogen-bond acceptors (Lipinski definition) is 3. The molecule has 0 bridgehead atoms. The van der Waals surface area contributed by atoms with Crippen LogP contribution in [0.5, 0.6) is 5.75 Å². The van der Waals surface area contributed by atoms with Crippen LogP contribution >= 0.6 is 0 Å². The average molecular weight is 407 g/mol. The van der Waals surface area contributed by atoms with Gasteiger partial charge in [0.25, 0.3) is 5.56 Å². The molecule has 5 rings (SSSR count). The second-order valence-corrected chi connectivity index (χ2v) is 7.34. The van der Waals surface area contributed by atoms with Crippen molar-refractivity contribution in [2.24, 2.45) is 0 Å². The molecule has 31 heavy (non-hydrogen) atoms. The summed E-state index contributed by atoms with van der Waals surface area (Å²) in [7, 11) is 1.60. The van der Waals surface area contributed by atoms with Crippen molar-refractivity contribution >= 4 is 34.0 Å². The van der Waals surface area contributed by atoms with Crippen LogP contribution in [0, 0.1) is 6.92 Å². The molecule has 0 aliphatic rings. The number of fused-ring (bicyclic) bond motifs is 2. The van der Waals surface area contributed by atoms with Crippen LogP contribution in [0.15, 0.2) is 77.6 Å². The van der Waals surface area contributed by atoms with Gasteiger partial charge in [-0.1, -0.05) is 42.5 Å². The average Bonchev–Trinajstić information content (AvgIpc) is 3.12. The van der Waals surface area contributed by atoms with Crippen LogP contribution in [-0.2, 0) is 0 Å². The molecule has 0 amide bonds. The van der Waals surface area contributed by atoms with E-state index in [4.69, 9.17) is 9.72 Å². The summed E-state index contributed by atoms with van der Waals surface area (Å²) in [6, 6.07) is 23.0. The van der Waals surface area contributed by atoms with E-state index in [1.165, 1.54) is 0 Å². The van der Waals surface area contributed by atoms with Crippen LogP contribution in [0.3, 0.4) is 0 Å². The zero-order valence-electron chi connectivity index (χ0n) is 17.3. The van der Waals surface area contributed by atoms with Crippen LogP contribution in [0.4, 0.5) is 0 Å². The van der Waals surface area contributed by atoms with Crippen molar-refractivity contribution in [2.45, 2.75) is 6.92 Å². The summed E-state index contributed by atoms with van der Waals surface area (Å²) in [4.78, 5) is 21.7. The minimum absolute atomic E-state index is 0.134. The molecule has 3 aromatic carbocycles. The van der Waals surface area contributed by atoms with Gasteiger partial charge in [0.05, 0.1) is 23.7 Å². The first-order valence-electron chi connectivity index (χ1n) is 10.1. The maximum Gasteiger partial charge on any atom is 0.266 e. The Hall–Kier alpha value is -4.12. The third-order valence-electron chi connectivity index (χ3n) is 5.47. The van der Waals surface area contributed by atoms with Gasteiger partial charge in [0.2, 0.25) is 0 Å². The highest BCUT2D eigenvalue weighted by Crippen LogP contribution is 2.26. The molecule has 0 aliphatic heterocycles. The Kier molecular flexibility index (Phi) is 4.64. The van der Waals surface area contributed by atoms with E-state index in [0.29, 0.717) is 28.2 Å². The zero-order chi connectivity index (χ0) is 21.4. The Morgan fingerprint density at radius 2 is 1.61 bits per heavy atom. The molecule has 5 aromatic rings. The number of nitrogens with zero attached hydrogens (tertiary/aromatic N) is 2. The van der Waals surface area contributed by atoms with E-state index in [2.05, 4.69) is 17.1 Å². The summed E-state index contributed by atoms with van der Waals surface area (Å²) < 4.78 is 7.15. The first-order valence-corrected chi connectivity index (χ1v) is 10.1. The molecule has 0 aliphatic carbocycles. The summed E-state index contributed by atoms with van der Waals surface area (Å²) >= 11 is 0. The van der Waals surface area contributed by atoms with Gasteiger partial charge < -0.3 is 9.72 Å². The number of rotatable bonds is 4. The summed E-state index contributed by atoms with van der Waals surface area (Å²) in [6.45, 7) is 2.04. The number of nitrogens with one attached hydrogen (secondary N) is 1. The molecule has 152 valence electrons. The standard InChI is InChI=1S/C26H21N3O2/c1-17-18(19-9-3-5-11-21(19)27-17)15-16-25-28-22-12-6-4-10-20(22)26(30)29(25)23-13-7-8-14-24(23)31-2/h3-16,27H,1-2H3. The van der Waals surface area contributed by atoms with Gasteiger partial charge in [-0.2, -0.15) is 0 Å². The smallest absolute Gasteiger partial charge is 0.266 e. The van der Waals surface area contributed by atoms with Crippen LogP contribution in [-0.4, -0.2) is 21.6 Å². The molecule has 0 spiro atoms. The fourth-order valence-corrected chi connectivity index (χ4v) is 3.98. The number of H-pyrrole nitrogens is 1. The van der Waals surface area contributed by atoms with Gasteiger partial charge in [-0.15, -0.1) is 0 Å². The van der Waals surface area contributed by atoms with Crippen LogP contribution in [0.2, 0.25) is 0 Å². The molecule has 5 heteroatoms. The SMILES string of the molecule is COc1ccccc1-n1c(C=Cc2c(C)[nH]c3ccccc23)nc2ccccc2c1=O. The van der Waals surface area contributed by atoms with E-state index in [-0.39, 0.29) is 5.56 Å². The minimum Gasteiger partial charge on any atom is -0.495 e. The van der Waals surface area contributed by atoms with Crippen LogP contribution in [0.25, 0.3) is 39.6 Å². The Bertz CT molecular complexity index is 1510. The third kappa shape index (κ3) is 3.20. The number of benzene rings is 3. The normalized spacial score (nSPS) is 11.5. The number of aromatic nitrogens is 3. The number of ether oxygens (including phenoxy) is 1. The monoisotopic (exact) mass is 407 g/mol. The van der Waals surface area contributed by atoms with E-state index in [0.717, 1.165) is 22.2 Å². The first-order chi connectivity index (χ1) is 15.2. The van der Waals surface area contributed by atoms with E-state index in [9.17, 15) is 4.79 Å². The van der Waals surface area contributed by atoms with Crippen molar-refractivity contribution in [3.63, 3.8) is 0 Å². The number of aromatic amines is 1. The molecule has 5 nitrogen and oxygen atoms in total. The lowest BCUT2D eigenvalue weighted by Crippen LogP contribution is -2.22. The predicted octanol–water partition coefficient (Wildman–Crippen LogP) is 5.35. The molecule has 2 aromatic heterocycles. The fraction of sp³-hybridized carbons (Fsp3) is 0.0769. The minimum atomic E-state index is -0.134. The van der Waals surface area contributed by atoms with Crippen molar-refractivity contribution in [1.82, 2.24) is 14.5 Å². The van der Waals surface area contributed by atoms with Gasteiger partial charge >= 0.3 is 0 Å². The maximum atomic E-state index is 13.5. The van der Waals surface area contributed by atoms with Crippen molar-refractivity contribution in [3.8, 4) is 11.4 Å². The lowest BCUT2D eigenvalue weighted by atomic mass is 10.1. The van der Waals surface area contributed by atoms with Gasteiger partial charge in [-0.3, -0.25) is 9.36 Å². The Morgan fingerprint density at radius 3 is 2.45 bits per heavy atom. The van der Waals surface area contributed by atoms with Crippen molar-refractivity contribution in [2.75, 3.05) is 7.11 Å². The van der Waals surface area contributed by atoms with E-state index >= 15 is 0 Å². The second kappa shape index (κ2) is 7.61. The molecular formula is C26H21N3O2. The Morgan fingerprint density at radius 1 is 0.903 bits per heavy atom. The Balaban J connectivity index is 1.77. The molecule has 0 atom stereocenters. The molecule has 0 radical (unpaired) electrons. The summed E-state index contributed by atoms with van der Waals surface area (Å²) in [5, 5.41) is 1.69. The van der Waals surface area contributed by atoms with Crippen molar-refractivity contribution in [1.29, 1.82) is 0 Å². The number of hydrogen-bond donors (Lipinski definition) is 1.